The van der Waals surface area contributed by atoms with Crippen LogP contribution in [-0.2, 0) is 0 Å². The van der Waals surface area contributed by atoms with Crippen LogP contribution < -0.4 is 5.56 Å². The molecule has 3 atom stereocenters. The van der Waals surface area contributed by atoms with Gasteiger partial charge in [-0.05, 0) is 30.7 Å². The lowest BCUT2D eigenvalue weighted by atomic mass is 9.78. The van der Waals surface area contributed by atoms with E-state index in [4.69, 9.17) is 0 Å². The first-order valence-electron chi connectivity index (χ1n) is 9.72. The third-order valence-corrected chi connectivity index (χ3v) is 6.08. The van der Waals surface area contributed by atoms with Crippen molar-refractivity contribution in [2.45, 2.75) is 18.4 Å². The molecule has 0 unspecified atom stereocenters. The van der Waals surface area contributed by atoms with Gasteiger partial charge in [-0.25, -0.2) is 0 Å². The van der Waals surface area contributed by atoms with Gasteiger partial charge >= 0.3 is 0 Å². The van der Waals surface area contributed by atoms with E-state index in [-0.39, 0.29) is 36.0 Å². The Morgan fingerprint density at radius 1 is 1.10 bits per heavy atom. The van der Waals surface area contributed by atoms with Gasteiger partial charge in [-0.1, -0.05) is 12.1 Å². The first-order valence-corrected chi connectivity index (χ1v) is 9.72. The summed E-state index contributed by atoms with van der Waals surface area (Å²) in [6, 6.07) is 12.3. The van der Waals surface area contributed by atoms with E-state index in [1.165, 1.54) is 6.07 Å². The Kier molecular flexibility index (Phi) is 4.28. The summed E-state index contributed by atoms with van der Waals surface area (Å²) >= 11 is 0. The molecule has 2 aliphatic heterocycles. The zero-order chi connectivity index (χ0) is 20.0. The summed E-state index contributed by atoms with van der Waals surface area (Å²) in [6.45, 7) is 0.978. The number of nitrogens with zero attached hydrogens (tertiary/aromatic N) is 5. The molecule has 0 spiro atoms. The Hall–Kier alpha value is -3.26. The van der Waals surface area contributed by atoms with E-state index in [1.807, 2.05) is 35.2 Å². The molecule has 2 bridgehead atoms. The van der Waals surface area contributed by atoms with Gasteiger partial charge in [-0.15, -0.1) is 10.2 Å². The van der Waals surface area contributed by atoms with Crippen molar-refractivity contribution in [3.63, 3.8) is 0 Å². The Morgan fingerprint density at radius 2 is 1.90 bits per heavy atom. The van der Waals surface area contributed by atoms with Gasteiger partial charge in [-0.2, -0.15) is 0 Å². The minimum Gasteiger partial charge on any atom is -0.394 e. The minimum atomic E-state index is -0.297. The maximum Gasteiger partial charge on any atom is 0.253 e. The Morgan fingerprint density at radius 3 is 2.69 bits per heavy atom. The van der Waals surface area contributed by atoms with Crippen LogP contribution in [0.1, 0.15) is 34.4 Å². The molecule has 1 aromatic carbocycles. The Balaban J connectivity index is 1.46. The van der Waals surface area contributed by atoms with Crippen molar-refractivity contribution in [2.75, 3.05) is 19.7 Å². The molecule has 0 aliphatic carbocycles. The van der Waals surface area contributed by atoms with Crippen LogP contribution in [0, 0.1) is 5.92 Å². The van der Waals surface area contributed by atoms with Crippen molar-refractivity contribution < 1.29 is 9.90 Å². The number of carbonyl (C=O) groups excluding carboxylic acids is 1. The van der Waals surface area contributed by atoms with Gasteiger partial charge in [0.25, 0.3) is 11.5 Å². The molecule has 1 saturated heterocycles. The summed E-state index contributed by atoms with van der Waals surface area (Å²) in [6.07, 6.45) is 4.06. The molecule has 8 heteroatoms. The number of aromatic nitrogens is 4. The van der Waals surface area contributed by atoms with E-state index in [0.717, 1.165) is 17.8 Å². The number of fused-ring (bicyclic) bond motifs is 4. The van der Waals surface area contributed by atoms with Crippen LogP contribution in [-0.4, -0.2) is 54.9 Å². The van der Waals surface area contributed by atoms with Crippen LogP contribution in [0.25, 0.3) is 5.69 Å². The molecule has 2 aromatic heterocycles. The number of hydrogen-bond acceptors (Lipinski definition) is 5. The zero-order valence-electron chi connectivity index (χ0n) is 15.8. The van der Waals surface area contributed by atoms with Crippen molar-refractivity contribution in [1.29, 1.82) is 0 Å². The summed E-state index contributed by atoms with van der Waals surface area (Å²) in [5.74, 6) is 0.102. The van der Waals surface area contributed by atoms with Crippen LogP contribution in [0.4, 0.5) is 0 Å². The predicted molar refractivity (Wildman–Crippen MR) is 105 cm³/mol. The van der Waals surface area contributed by atoms with Gasteiger partial charge in [0.2, 0.25) is 0 Å². The number of pyridine rings is 1. The summed E-state index contributed by atoms with van der Waals surface area (Å²) in [5, 5.41) is 17.6. The molecule has 4 heterocycles. The average Bonchev–Trinajstić information content (AvgIpc) is 3.29. The molecule has 0 radical (unpaired) electrons. The van der Waals surface area contributed by atoms with Gasteiger partial charge in [0, 0.05) is 47.9 Å². The van der Waals surface area contributed by atoms with Crippen LogP contribution in [0.15, 0.2) is 59.9 Å². The first-order chi connectivity index (χ1) is 14.2. The fourth-order valence-corrected chi connectivity index (χ4v) is 4.76. The molecule has 3 aromatic rings. The third kappa shape index (κ3) is 2.96. The number of amides is 1. The largest absolute Gasteiger partial charge is 0.394 e. The van der Waals surface area contributed by atoms with Crippen molar-refractivity contribution in [3.05, 3.63) is 76.7 Å². The number of aliphatic hydroxyl groups is 1. The lowest BCUT2D eigenvalue weighted by Crippen LogP contribution is -2.51. The van der Waals surface area contributed by atoms with Gasteiger partial charge < -0.3 is 14.6 Å². The molecule has 1 N–H and O–H groups in total. The first kappa shape index (κ1) is 17.8. The number of hydrogen-bond donors (Lipinski definition) is 1. The Bertz CT molecular complexity index is 1110. The summed E-state index contributed by atoms with van der Waals surface area (Å²) in [4.78, 5) is 27.5. The highest BCUT2D eigenvalue weighted by Crippen LogP contribution is 2.41. The maximum atomic E-state index is 13.3. The summed E-state index contributed by atoms with van der Waals surface area (Å²) in [5.41, 5.74) is 2.24. The number of carbonyl (C=O) groups is 1. The number of piperidine rings is 1. The van der Waals surface area contributed by atoms with Gasteiger partial charge in [-0.3, -0.25) is 14.2 Å². The molecule has 1 amide bonds. The van der Waals surface area contributed by atoms with Crippen molar-refractivity contribution in [1.82, 2.24) is 24.2 Å². The molecular weight excluding hydrogens is 370 g/mol. The summed E-state index contributed by atoms with van der Waals surface area (Å²) in [7, 11) is 0. The second-order valence-corrected chi connectivity index (χ2v) is 7.73. The fourth-order valence-electron chi connectivity index (χ4n) is 4.76. The van der Waals surface area contributed by atoms with Crippen LogP contribution in [0.5, 0.6) is 0 Å². The van der Waals surface area contributed by atoms with Gasteiger partial charge in [0.15, 0.2) is 0 Å². The highest BCUT2D eigenvalue weighted by Gasteiger charge is 2.41. The Labute approximate surface area is 167 Å². The molecule has 8 nitrogen and oxygen atoms in total. The van der Waals surface area contributed by atoms with E-state index in [1.54, 1.807) is 27.9 Å². The number of aliphatic hydroxyl groups excluding tert-OH is 1. The SMILES string of the molecule is O=C(c1cccc(-n2cnnc2)c1)N1C[C@H]2C[C@@H](C1)[C@H](CO)n1c2cccc1=O. The van der Waals surface area contributed by atoms with Crippen LogP contribution >= 0.6 is 0 Å². The quantitative estimate of drug-likeness (QED) is 0.725. The molecule has 0 saturated carbocycles. The fraction of sp³-hybridized carbons (Fsp3) is 0.333. The monoisotopic (exact) mass is 391 g/mol. The topological polar surface area (TPSA) is 93.2 Å². The molecule has 148 valence electrons. The van der Waals surface area contributed by atoms with E-state index in [9.17, 15) is 14.7 Å². The molecule has 29 heavy (non-hydrogen) atoms. The number of rotatable bonds is 3. The van der Waals surface area contributed by atoms with Crippen molar-refractivity contribution in [3.8, 4) is 5.69 Å². The normalized spacial score (nSPS) is 22.9. The lowest BCUT2D eigenvalue weighted by Gasteiger charge is -2.46. The standard InChI is InChI=1S/C21H21N5O3/c27-11-19-16-7-15(18-5-2-6-20(28)26(18)19)9-24(10-16)21(29)14-3-1-4-17(8-14)25-12-22-23-13-25/h1-6,8,12-13,15-16,19,27H,7,9-11H2/t15-,16+,19+/m1/s1. The smallest absolute Gasteiger partial charge is 0.253 e. The lowest BCUT2D eigenvalue weighted by molar-refractivity contribution is 0.0437. The van der Waals surface area contributed by atoms with Crippen LogP contribution in [0.3, 0.4) is 0 Å². The number of benzene rings is 1. The third-order valence-electron chi connectivity index (χ3n) is 6.08. The summed E-state index contributed by atoms with van der Waals surface area (Å²) < 4.78 is 3.49. The van der Waals surface area contributed by atoms with E-state index in [2.05, 4.69) is 10.2 Å². The molecular formula is C21H21N5O3. The van der Waals surface area contributed by atoms with Gasteiger partial charge in [0.1, 0.15) is 12.7 Å². The molecule has 1 fully saturated rings. The second-order valence-electron chi connectivity index (χ2n) is 7.73. The zero-order valence-corrected chi connectivity index (χ0v) is 15.8. The average molecular weight is 391 g/mol. The second kappa shape index (κ2) is 6.97. The molecule has 5 rings (SSSR count). The number of likely N-dealkylation sites (tertiary alicyclic amines) is 1. The van der Waals surface area contributed by atoms with E-state index >= 15 is 0 Å². The van der Waals surface area contributed by atoms with Crippen molar-refractivity contribution in [2.24, 2.45) is 5.92 Å². The van der Waals surface area contributed by atoms with E-state index < -0.39 is 0 Å². The maximum absolute atomic E-state index is 13.3. The van der Waals surface area contributed by atoms with Crippen LogP contribution in [0.2, 0.25) is 0 Å². The van der Waals surface area contributed by atoms with Gasteiger partial charge in [0.05, 0.1) is 12.6 Å². The highest BCUT2D eigenvalue weighted by atomic mass is 16.3. The van der Waals surface area contributed by atoms with Crippen molar-refractivity contribution >= 4 is 5.91 Å². The minimum absolute atomic E-state index is 0.0435. The predicted octanol–water partition coefficient (Wildman–Crippen LogP) is 1.22. The van der Waals surface area contributed by atoms with E-state index in [0.29, 0.717) is 18.7 Å². The highest BCUT2D eigenvalue weighted by molar-refractivity contribution is 5.95. The molecule has 2 aliphatic rings.